The topological polar surface area (TPSA) is 56.2 Å². The van der Waals surface area contributed by atoms with Crippen molar-refractivity contribution in [2.24, 2.45) is 5.92 Å². The molecule has 6 heteroatoms. The van der Waals surface area contributed by atoms with E-state index in [1.54, 1.807) is 24.3 Å². The number of carbonyl (C=O) groups excluding carboxylic acids is 1. The highest BCUT2D eigenvalue weighted by atomic mass is 35.5. The van der Waals surface area contributed by atoms with Gasteiger partial charge in [-0.15, -0.1) is 0 Å². The fourth-order valence-electron chi connectivity index (χ4n) is 2.93. The molecule has 0 fully saturated rings. The molecule has 0 aliphatic carbocycles. The predicted molar refractivity (Wildman–Crippen MR) is 108 cm³/mol. The average Bonchev–Trinajstić information content (AvgIpc) is 2.98. The summed E-state index contributed by atoms with van der Waals surface area (Å²) in [5.41, 5.74) is 2.13. The molecule has 0 aliphatic rings. The maximum atomic E-state index is 12.0. The highest BCUT2D eigenvalue weighted by molar-refractivity contribution is 6.30. The molecule has 3 aromatic rings. The number of ether oxygens (including phenoxy) is 1. The molecule has 0 unspecified atom stereocenters. The Morgan fingerprint density at radius 1 is 1.19 bits per heavy atom. The number of hydrogen-bond donors (Lipinski definition) is 1. The minimum Gasteiger partial charge on any atom is -0.484 e. The summed E-state index contributed by atoms with van der Waals surface area (Å²) < 4.78 is 7.70. The zero-order valence-corrected chi connectivity index (χ0v) is 16.4. The van der Waals surface area contributed by atoms with Crippen LogP contribution in [-0.4, -0.2) is 28.6 Å². The standard InChI is InChI=1S/C21H24ClN3O2/c1-15(2)13-25-19-6-4-3-5-18(19)24-20(25)11-12-23-21(26)14-27-17-9-7-16(22)8-10-17/h3-10,15H,11-14H2,1-2H3,(H,23,26). The Kier molecular flexibility index (Phi) is 6.35. The van der Waals surface area contributed by atoms with Crippen molar-refractivity contribution in [3.05, 3.63) is 59.4 Å². The molecule has 1 heterocycles. The Bertz CT molecular complexity index is 903. The van der Waals surface area contributed by atoms with E-state index in [4.69, 9.17) is 21.3 Å². The quantitative estimate of drug-likeness (QED) is 0.635. The summed E-state index contributed by atoms with van der Waals surface area (Å²) in [7, 11) is 0. The number of benzene rings is 2. The molecule has 1 aromatic heterocycles. The van der Waals surface area contributed by atoms with Crippen molar-refractivity contribution in [2.45, 2.75) is 26.8 Å². The largest absolute Gasteiger partial charge is 0.484 e. The second-order valence-electron chi connectivity index (χ2n) is 6.86. The van der Waals surface area contributed by atoms with E-state index in [2.05, 4.69) is 29.8 Å². The first kappa shape index (κ1) is 19.2. The van der Waals surface area contributed by atoms with Crippen molar-refractivity contribution in [3.63, 3.8) is 0 Å². The van der Waals surface area contributed by atoms with Crippen molar-refractivity contribution < 1.29 is 9.53 Å². The van der Waals surface area contributed by atoms with E-state index in [1.165, 1.54) is 0 Å². The SMILES string of the molecule is CC(C)Cn1c(CCNC(=O)COc2ccc(Cl)cc2)nc2ccccc21. The lowest BCUT2D eigenvalue weighted by molar-refractivity contribution is -0.123. The number of amides is 1. The monoisotopic (exact) mass is 385 g/mol. The summed E-state index contributed by atoms with van der Waals surface area (Å²) in [6.45, 7) is 5.78. The first-order chi connectivity index (χ1) is 13.0. The lowest BCUT2D eigenvalue weighted by Gasteiger charge is -2.12. The van der Waals surface area contributed by atoms with Crippen molar-refractivity contribution in [1.29, 1.82) is 0 Å². The number of nitrogens with one attached hydrogen (secondary N) is 1. The lowest BCUT2D eigenvalue weighted by atomic mass is 10.2. The summed E-state index contributed by atoms with van der Waals surface area (Å²) >= 11 is 5.83. The molecule has 0 aliphatic heterocycles. The molecule has 0 radical (unpaired) electrons. The van der Waals surface area contributed by atoms with Crippen LogP contribution in [0.5, 0.6) is 5.75 Å². The van der Waals surface area contributed by atoms with Crippen LogP contribution in [-0.2, 0) is 17.8 Å². The zero-order chi connectivity index (χ0) is 19.2. The molecule has 0 bridgehead atoms. The van der Waals surface area contributed by atoms with Gasteiger partial charge in [-0.1, -0.05) is 37.6 Å². The van der Waals surface area contributed by atoms with E-state index >= 15 is 0 Å². The predicted octanol–water partition coefficient (Wildman–Crippen LogP) is 4.08. The van der Waals surface area contributed by atoms with Gasteiger partial charge in [0, 0.05) is 24.5 Å². The van der Waals surface area contributed by atoms with E-state index < -0.39 is 0 Å². The summed E-state index contributed by atoms with van der Waals surface area (Å²) in [5.74, 6) is 1.97. The van der Waals surface area contributed by atoms with Gasteiger partial charge in [-0.05, 0) is 42.3 Å². The number of fused-ring (bicyclic) bond motifs is 1. The number of rotatable bonds is 8. The third-order valence-electron chi connectivity index (χ3n) is 4.14. The molecular weight excluding hydrogens is 362 g/mol. The van der Waals surface area contributed by atoms with Gasteiger partial charge in [-0.25, -0.2) is 4.98 Å². The van der Waals surface area contributed by atoms with Gasteiger partial charge in [0.2, 0.25) is 0 Å². The van der Waals surface area contributed by atoms with Crippen LogP contribution in [0.1, 0.15) is 19.7 Å². The van der Waals surface area contributed by atoms with Gasteiger partial charge >= 0.3 is 0 Å². The second kappa shape index (κ2) is 8.91. The first-order valence-corrected chi connectivity index (χ1v) is 9.50. The van der Waals surface area contributed by atoms with Crippen LogP contribution in [0.15, 0.2) is 48.5 Å². The fourth-order valence-corrected chi connectivity index (χ4v) is 3.06. The first-order valence-electron chi connectivity index (χ1n) is 9.12. The number of aromatic nitrogens is 2. The third kappa shape index (κ3) is 5.23. The highest BCUT2D eigenvalue weighted by Crippen LogP contribution is 2.18. The molecule has 5 nitrogen and oxygen atoms in total. The summed E-state index contributed by atoms with van der Waals surface area (Å²) in [5, 5.41) is 3.53. The summed E-state index contributed by atoms with van der Waals surface area (Å²) in [6.07, 6.45) is 0.675. The third-order valence-corrected chi connectivity index (χ3v) is 4.39. The molecule has 0 spiro atoms. The van der Waals surface area contributed by atoms with Crippen molar-refractivity contribution in [3.8, 4) is 5.75 Å². The number of nitrogens with zero attached hydrogens (tertiary/aromatic N) is 2. The molecule has 1 N–H and O–H groups in total. The van der Waals surface area contributed by atoms with Gasteiger partial charge in [0.15, 0.2) is 6.61 Å². The molecule has 2 aromatic carbocycles. The maximum Gasteiger partial charge on any atom is 0.257 e. The maximum absolute atomic E-state index is 12.0. The van der Waals surface area contributed by atoms with E-state index in [0.717, 1.165) is 23.4 Å². The summed E-state index contributed by atoms with van der Waals surface area (Å²) in [6, 6.07) is 15.1. The van der Waals surface area contributed by atoms with Gasteiger partial charge in [-0.3, -0.25) is 4.79 Å². The summed E-state index contributed by atoms with van der Waals surface area (Å²) in [4.78, 5) is 16.8. The van der Waals surface area contributed by atoms with E-state index in [9.17, 15) is 4.79 Å². The van der Waals surface area contributed by atoms with E-state index in [-0.39, 0.29) is 12.5 Å². The number of halogens is 1. The van der Waals surface area contributed by atoms with Crippen LogP contribution in [0, 0.1) is 5.92 Å². The molecule has 0 saturated carbocycles. The second-order valence-corrected chi connectivity index (χ2v) is 7.30. The van der Waals surface area contributed by atoms with Crippen molar-refractivity contribution in [1.82, 2.24) is 14.9 Å². The molecule has 142 valence electrons. The molecule has 1 amide bonds. The van der Waals surface area contributed by atoms with Gasteiger partial charge in [0.05, 0.1) is 11.0 Å². The molecule has 27 heavy (non-hydrogen) atoms. The average molecular weight is 386 g/mol. The van der Waals surface area contributed by atoms with Gasteiger partial charge in [-0.2, -0.15) is 0 Å². The molecule has 0 saturated heterocycles. The van der Waals surface area contributed by atoms with Crippen LogP contribution in [0.25, 0.3) is 11.0 Å². The van der Waals surface area contributed by atoms with Crippen molar-refractivity contribution >= 4 is 28.5 Å². The number of para-hydroxylation sites is 2. The van der Waals surface area contributed by atoms with E-state index in [0.29, 0.717) is 29.7 Å². The molecular formula is C21H24ClN3O2. The van der Waals surface area contributed by atoms with Crippen LogP contribution >= 0.6 is 11.6 Å². The van der Waals surface area contributed by atoms with Gasteiger partial charge in [0.1, 0.15) is 11.6 Å². The smallest absolute Gasteiger partial charge is 0.257 e. The van der Waals surface area contributed by atoms with Crippen LogP contribution in [0.4, 0.5) is 0 Å². The fraction of sp³-hybridized carbons (Fsp3) is 0.333. The van der Waals surface area contributed by atoms with Gasteiger partial charge < -0.3 is 14.6 Å². The Hall–Kier alpha value is -2.53. The Morgan fingerprint density at radius 3 is 2.67 bits per heavy atom. The number of hydrogen-bond acceptors (Lipinski definition) is 3. The lowest BCUT2D eigenvalue weighted by Crippen LogP contribution is -2.31. The minimum atomic E-state index is -0.156. The Labute approximate surface area is 164 Å². The number of carbonyl (C=O) groups is 1. The Balaban J connectivity index is 1.55. The number of imidazole rings is 1. The van der Waals surface area contributed by atoms with Crippen LogP contribution in [0.3, 0.4) is 0 Å². The van der Waals surface area contributed by atoms with E-state index in [1.807, 2.05) is 18.2 Å². The normalized spacial score (nSPS) is 11.1. The minimum absolute atomic E-state index is 0.0238. The van der Waals surface area contributed by atoms with Crippen LogP contribution in [0.2, 0.25) is 5.02 Å². The highest BCUT2D eigenvalue weighted by Gasteiger charge is 2.12. The Morgan fingerprint density at radius 2 is 1.93 bits per heavy atom. The molecule has 3 rings (SSSR count). The van der Waals surface area contributed by atoms with Crippen molar-refractivity contribution in [2.75, 3.05) is 13.2 Å². The van der Waals surface area contributed by atoms with Gasteiger partial charge in [0.25, 0.3) is 5.91 Å². The zero-order valence-electron chi connectivity index (χ0n) is 15.6. The van der Waals surface area contributed by atoms with Crippen LogP contribution < -0.4 is 10.1 Å². The molecule has 0 atom stereocenters.